The minimum atomic E-state index is -4.44. The van der Waals surface area contributed by atoms with E-state index in [1.165, 1.54) is 10.6 Å². The van der Waals surface area contributed by atoms with Crippen LogP contribution in [0, 0.1) is 0 Å². The lowest BCUT2D eigenvalue weighted by molar-refractivity contribution is -0.154. The monoisotopic (exact) mass is 431 g/mol. The van der Waals surface area contributed by atoms with E-state index in [1.807, 2.05) is 18.2 Å². The van der Waals surface area contributed by atoms with Crippen LogP contribution in [-0.2, 0) is 0 Å². The molecule has 1 saturated heterocycles. The zero-order chi connectivity index (χ0) is 21.6. The summed E-state index contributed by atoms with van der Waals surface area (Å²) in [7, 11) is 0. The molecular weight excluding hydrogens is 411 g/mol. The Labute approximate surface area is 175 Å². The van der Waals surface area contributed by atoms with Crippen LogP contribution in [0.2, 0.25) is 0 Å². The molecule has 1 aliphatic heterocycles. The van der Waals surface area contributed by atoms with Crippen molar-refractivity contribution in [1.82, 2.24) is 19.9 Å². The number of furan rings is 1. The molecule has 1 aliphatic rings. The molecule has 1 aromatic carbocycles. The highest BCUT2D eigenvalue weighted by Crippen LogP contribution is 2.35. The second-order valence-electron chi connectivity index (χ2n) is 7.54. The third-order valence-electron chi connectivity index (χ3n) is 5.32. The number of rotatable bonds is 4. The van der Waals surface area contributed by atoms with Gasteiger partial charge < -0.3 is 19.4 Å². The Bertz CT molecular complexity index is 1230. The summed E-state index contributed by atoms with van der Waals surface area (Å²) in [6.45, 7) is 3.45. The van der Waals surface area contributed by atoms with Crippen molar-refractivity contribution in [3.05, 3.63) is 42.6 Å². The fourth-order valence-corrected chi connectivity index (χ4v) is 3.88. The summed E-state index contributed by atoms with van der Waals surface area (Å²) in [5.74, 6) is 0.383. The third kappa shape index (κ3) is 3.78. The number of nitrogens with zero attached hydrogens (tertiary/aromatic N) is 4. The van der Waals surface area contributed by atoms with Gasteiger partial charge >= 0.3 is 6.18 Å². The minimum absolute atomic E-state index is 0.143. The van der Waals surface area contributed by atoms with Crippen LogP contribution >= 0.6 is 0 Å². The standard InChI is InChI=1S/C21H20F3N5O2/c1-13-10-25-7-8-28(13)15-3-2-4-17-14(15)9-18(31-17)16-11-26-19-5-6-20(27-29(16)19)30-12-21(22,23)24/h2-6,9,11,13,25H,7-8,10,12H2,1H3/t13-/m1/s1. The lowest BCUT2D eigenvalue weighted by Gasteiger charge is -2.36. The molecule has 1 N–H and O–H groups in total. The number of benzene rings is 1. The molecule has 1 atom stereocenters. The zero-order valence-electron chi connectivity index (χ0n) is 16.7. The number of halogens is 3. The predicted octanol–water partition coefficient (Wildman–Crippen LogP) is 3.88. The van der Waals surface area contributed by atoms with Gasteiger partial charge in [0.25, 0.3) is 0 Å². The number of nitrogens with one attached hydrogen (secondary N) is 1. The summed E-state index contributed by atoms with van der Waals surface area (Å²) >= 11 is 0. The van der Waals surface area contributed by atoms with E-state index in [-0.39, 0.29) is 5.88 Å². The molecule has 1 fully saturated rings. The number of alkyl halides is 3. The summed E-state index contributed by atoms with van der Waals surface area (Å²) < 4.78 is 49.7. The van der Waals surface area contributed by atoms with Gasteiger partial charge in [-0.1, -0.05) is 6.07 Å². The number of hydrogen-bond acceptors (Lipinski definition) is 6. The number of ether oxygens (including phenoxy) is 1. The molecule has 4 heterocycles. The topological polar surface area (TPSA) is 67.8 Å². The second kappa shape index (κ2) is 7.45. The van der Waals surface area contributed by atoms with Crippen molar-refractivity contribution in [2.75, 3.05) is 31.1 Å². The van der Waals surface area contributed by atoms with E-state index in [9.17, 15) is 13.2 Å². The van der Waals surface area contributed by atoms with Crippen LogP contribution < -0.4 is 15.0 Å². The van der Waals surface area contributed by atoms with E-state index in [0.29, 0.717) is 23.1 Å². The molecule has 0 spiro atoms. The van der Waals surface area contributed by atoms with Gasteiger partial charge in [0, 0.05) is 42.8 Å². The van der Waals surface area contributed by atoms with E-state index in [0.717, 1.165) is 36.3 Å². The van der Waals surface area contributed by atoms with E-state index >= 15 is 0 Å². The Balaban J connectivity index is 1.54. The lowest BCUT2D eigenvalue weighted by atomic mass is 10.1. The van der Waals surface area contributed by atoms with Crippen molar-refractivity contribution >= 4 is 22.3 Å². The number of anilines is 1. The number of hydrogen-bond donors (Lipinski definition) is 1. The van der Waals surface area contributed by atoms with Crippen molar-refractivity contribution in [1.29, 1.82) is 0 Å². The quantitative estimate of drug-likeness (QED) is 0.529. The molecule has 31 heavy (non-hydrogen) atoms. The molecule has 7 nitrogen and oxygen atoms in total. The van der Waals surface area contributed by atoms with Gasteiger partial charge in [-0.05, 0) is 31.2 Å². The predicted molar refractivity (Wildman–Crippen MR) is 109 cm³/mol. The van der Waals surface area contributed by atoms with E-state index in [4.69, 9.17) is 9.15 Å². The fraction of sp³-hybridized carbons (Fsp3) is 0.333. The molecule has 0 amide bonds. The maximum absolute atomic E-state index is 12.5. The van der Waals surface area contributed by atoms with E-state index in [1.54, 1.807) is 12.3 Å². The van der Waals surface area contributed by atoms with Gasteiger partial charge in [-0.2, -0.15) is 13.2 Å². The Morgan fingerprint density at radius 1 is 1.26 bits per heavy atom. The summed E-state index contributed by atoms with van der Waals surface area (Å²) in [5, 5.41) is 8.51. The molecule has 4 aromatic rings. The number of aromatic nitrogens is 3. The Hall–Kier alpha value is -3.27. The van der Waals surface area contributed by atoms with Crippen molar-refractivity contribution in [2.45, 2.75) is 19.1 Å². The van der Waals surface area contributed by atoms with Crippen LogP contribution in [0.25, 0.3) is 28.1 Å². The summed E-state index contributed by atoms with van der Waals surface area (Å²) in [6.07, 6.45) is -2.86. The first-order valence-corrected chi connectivity index (χ1v) is 9.94. The molecule has 0 aliphatic carbocycles. The van der Waals surface area contributed by atoms with Gasteiger partial charge in [0.05, 0.1) is 6.20 Å². The number of fused-ring (bicyclic) bond motifs is 2. The first-order chi connectivity index (χ1) is 14.9. The van der Waals surface area contributed by atoms with Crippen molar-refractivity contribution in [3.8, 4) is 17.3 Å². The van der Waals surface area contributed by atoms with Crippen LogP contribution in [0.1, 0.15) is 6.92 Å². The highest BCUT2D eigenvalue weighted by atomic mass is 19.4. The van der Waals surface area contributed by atoms with Gasteiger partial charge in [0.15, 0.2) is 18.0 Å². The Morgan fingerprint density at radius 2 is 2.13 bits per heavy atom. The first kappa shape index (κ1) is 19.7. The summed E-state index contributed by atoms with van der Waals surface area (Å²) in [5.41, 5.74) is 2.81. The highest BCUT2D eigenvalue weighted by molar-refractivity contribution is 5.94. The maximum atomic E-state index is 12.5. The number of imidazole rings is 1. The third-order valence-corrected chi connectivity index (χ3v) is 5.32. The molecule has 162 valence electrons. The van der Waals surface area contributed by atoms with Crippen molar-refractivity contribution in [2.24, 2.45) is 0 Å². The second-order valence-corrected chi connectivity index (χ2v) is 7.54. The van der Waals surface area contributed by atoms with Crippen LogP contribution in [0.5, 0.6) is 5.88 Å². The van der Waals surface area contributed by atoms with Gasteiger partial charge in [-0.15, -0.1) is 5.10 Å². The molecule has 0 unspecified atom stereocenters. The Morgan fingerprint density at radius 3 is 2.94 bits per heavy atom. The molecule has 0 saturated carbocycles. The van der Waals surface area contributed by atoms with Gasteiger partial charge in [0.1, 0.15) is 11.3 Å². The Kier molecular flexibility index (Phi) is 4.73. The highest BCUT2D eigenvalue weighted by Gasteiger charge is 2.29. The number of piperazine rings is 1. The van der Waals surface area contributed by atoms with Crippen LogP contribution in [0.4, 0.5) is 18.9 Å². The molecule has 3 aromatic heterocycles. The molecule has 0 bridgehead atoms. The fourth-order valence-electron chi connectivity index (χ4n) is 3.88. The van der Waals surface area contributed by atoms with Gasteiger partial charge in [-0.3, -0.25) is 0 Å². The van der Waals surface area contributed by atoms with E-state index < -0.39 is 12.8 Å². The SMILES string of the molecule is C[C@@H]1CNCCN1c1cccc2oc(-c3cnc4ccc(OCC(F)(F)F)nn34)cc12. The van der Waals surface area contributed by atoms with Gasteiger partial charge in [0.2, 0.25) is 5.88 Å². The van der Waals surface area contributed by atoms with Gasteiger partial charge in [-0.25, -0.2) is 9.50 Å². The molecule has 10 heteroatoms. The first-order valence-electron chi connectivity index (χ1n) is 9.94. The summed E-state index contributed by atoms with van der Waals surface area (Å²) in [6, 6.07) is 11.1. The summed E-state index contributed by atoms with van der Waals surface area (Å²) in [4.78, 5) is 6.62. The van der Waals surface area contributed by atoms with Crippen LogP contribution in [0.15, 0.2) is 47.0 Å². The normalized spacial score (nSPS) is 17.5. The zero-order valence-corrected chi connectivity index (χ0v) is 16.7. The van der Waals surface area contributed by atoms with Crippen LogP contribution in [0.3, 0.4) is 0 Å². The van der Waals surface area contributed by atoms with Crippen molar-refractivity contribution in [3.63, 3.8) is 0 Å². The molecular formula is C21H20F3N5O2. The largest absolute Gasteiger partial charge is 0.467 e. The van der Waals surface area contributed by atoms with E-state index in [2.05, 4.69) is 33.3 Å². The van der Waals surface area contributed by atoms with Crippen molar-refractivity contribution < 1.29 is 22.3 Å². The average molecular weight is 431 g/mol. The maximum Gasteiger partial charge on any atom is 0.422 e. The minimum Gasteiger partial charge on any atom is -0.467 e. The molecule has 0 radical (unpaired) electrons. The smallest absolute Gasteiger partial charge is 0.422 e. The lowest BCUT2D eigenvalue weighted by Crippen LogP contribution is -2.49. The average Bonchev–Trinajstić information content (AvgIpc) is 3.35. The molecule has 5 rings (SSSR count). The van der Waals surface area contributed by atoms with Crippen LogP contribution in [-0.4, -0.2) is 53.1 Å².